The summed E-state index contributed by atoms with van der Waals surface area (Å²) in [5, 5.41) is 3.10. The quantitative estimate of drug-likeness (QED) is 0.615. The van der Waals surface area contributed by atoms with Crippen LogP contribution in [-0.2, 0) is 14.8 Å². The van der Waals surface area contributed by atoms with Gasteiger partial charge in [-0.05, 0) is 50.1 Å². The van der Waals surface area contributed by atoms with Crippen LogP contribution in [0.1, 0.15) is 36.5 Å². The van der Waals surface area contributed by atoms with Crippen LogP contribution in [0, 0.1) is 0 Å². The third-order valence-corrected chi connectivity index (χ3v) is 7.54. The van der Waals surface area contributed by atoms with E-state index in [1.165, 1.54) is 35.5 Å². The fourth-order valence-corrected chi connectivity index (χ4v) is 5.64. The van der Waals surface area contributed by atoms with Crippen LogP contribution < -0.4 is 5.32 Å². The van der Waals surface area contributed by atoms with Crippen molar-refractivity contribution in [1.29, 1.82) is 0 Å². The molecule has 1 amide bonds. The number of anilines is 1. The number of piperidine rings is 1. The average Bonchev–Trinajstić information content (AvgIpc) is 2.70. The molecule has 1 heterocycles. The first kappa shape index (κ1) is 22.0. The standard InChI is InChI=1S/C20H20BrClN2O4S/c1-13(25)14-5-8-16(9-6-14)29(27,28)24-11-3-2-4-19(24)20(26)23-18-10-7-15(21)12-17(18)22/h5-10,12,19H,2-4,11H2,1H3,(H,23,26). The normalized spacial score (nSPS) is 17.7. The van der Waals surface area contributed by atoms with E-state index in [0.29, 0.717) is 29.1 Å². The molecule has 154 valence electrons. The molecule has 0 saturated carbocycles. The van der Waals surface area contributed by atoms with E-state index in [1.54, 1.807) is 18.2 Å². The zero-order chi connectivity index (χ0) is 21.2. The number of hydrogen-bond acceptors (Lipinski definition) is 4. The van der Waals surface area contributed by atoms with Crippen molar-refractivity contribution in [1.82, 2.24) is 4.31 Å². The number of halogens is 2. The Bertz CT molecular complexity index is 1040. The number of Topliss-reactive ketones (excluding diaryl/α,β-unsaturated/α-hetero) is 1. The zero-order valence-corrected chi connectivity index (χ0v) is 18.9. The summed E-state index contributed by atoms with van der Waals surface area (Å²) in [7, 11) is -3.89. The average molecular weight is 500 g/mol. The molecule has 1 unspecified atom stereocenters. The minimum Gasteiger partial charge on any atom is -0.323 e. The van der Waals surface area contributed by atoms with Crippen LogP contribution in [0.3, 0.4) is 0 Å². The Kier molecular flexibility index (Phi) is 6.78. The Morgan fingerprint density at radius 2 is 1.83 bits per heavy atom. The summed E-state index contributed by atoms with van der Waals surface area (Å²) >= 11 is 9.48. The predicted octanol–water partition coefficient (Wildman–Crippen LogP) is 4.49. The van der Waals surface area contributed by atoms with E-state index in [0.717, 1.165) is 10.9 Å². The molecule has 1 N–H and O–H groups in total. The van der Waals surface area contributed by atoms with Gasteiger partial charge < -0.3 is 5.32 Å². The lowest BCUT2D eigenvalue weighted by molar-refractivity contribution is -0.120. The van der Waals surface area contributed by atoms with E-state index in [9.17, 15) is 18.0 Å². The van der Waals surface area contributed by atoms with Gasteiger partial charge in [0, 0.05) is 16.6 Å². The molecule has 1 fully saturated rings. The summed E-state index contributed by atoms with van der Waals surface area (Å²) < 4.78 is 28.4. The minimum atomic E-state index is -3.89. The van der Waals surface area contributed by atoms with Gasteiger partial charge in [-0.3, -0.25) is 9.59 Å². The maximum atomic E-state index is 13.2. The summed E-state index contributed by atoms with van der Waals surface area (Å²) in [6, 6.07) is 10.00. The number of ketones is 1. The third-order valence-electron chi connectivity index (χ3n) is 4.81. The van der Waals surface area contributed by atoms with E-state index in [4.69, 9.17) is 11.6 Å². The number of carbonyl (C=O) groups is 2. The van der Waals surface area contributed by atoms with Crippen molar-refractivity contribution in [3.8, 4) is 0 Å². The fraction of sp³-hybridized carbons (Fsp3) is 0.300. The predicted molar refractivity (Wildman–Crippen MR) is 116 cm³/mol. The van der Waals surface area contributed by atoms with Crippen molar-refractivity contribution in [2.75, 3.05) is 11.9 Å². The van der Waals surface area contributed by atoms with Crippen LogP contribution in [-0.4, -0.2) is 37.0 Å². The highest BCUT2D eigenvalue weighted by Gasteiger charge is 2.37. The summed E-state index contributed by atoms with van der Waals surface area (Å²) in [4.78, 5) is 24.4. The monoisotopic (exact) mass is 498 g/mol. The minimum absolute atomic E-state index is 0.0591. The Balaban J connectivity index is 1.86. The SMILES string of the molecule is CC(=O)c1ccc(S(=O)(=O)N2CCCCC2C(=O)Nc2ccc(Br)cc2Cl)cc1. The lowest BCUT2D eigenvalue weighted by Crippen LogP contribution is -2.49. The highest BCUT2D eigenvalue weighted by Crippen LogP contribution is 2.29. The van der Waals surface area contributed by atoms with Gasteiger partial charge in [-0.15, -0.1) is 0 Å². The van der Waals surface area contributed by atoms with Crippen LogP contribution in [0.15, 0.2) is 51.8 Å². The molecule has 1 aliphatic rings. The van der Waals surface area contributed by atoms with Gasteiger partial charge in [0.25, 0.3) is 0 Å². The number of sulfonamides is 1. The molecule has 9 heteroatoms. The molecule has 1 aliphatic heterocycles. The van der Waals surface area contributed by atoms with Gasteiger partial charge in [-0.25, -0.2) is 8.42 Å². The fourth-order valence-electron chi connectivity index (χ4n) is 3.26. The molecule has 0 aliphatic carbocycles. The number of nitrogens with one attached hydrogen (secondary N) is 1. The summed E-state index contributed by atoms with van der Waals surface area (Å²) in [6.07, 6.45) is 1.85. The summed E-state index contributed by atoms with van der Waals surface area (Å²) in [5.41, 5.74) is 0.857. The van der Waals surface area contributed by atoms with Crippen molar-refractivity contribution < 1.29 is 18.0 Å². The van der Waals surface area contributed by atoms with Gasteiger partial charge in [0.15, 0.2) is 5.78 Å². The van der Waals surface area contributed by atoms with Gasteiger partial charge >= 0.3 is 0 Å². The largest absolute Gasteiger partial charge is 0.323 e. The van der Waals surface area contributed by atoms with Gasteiger partial charge in [-0.1, -0.05) is 46.1 Å². The molecule has 0 radical (unpaired) electrons. The molecule has 1 atom stereocenters. The van der Waals surface area contributed by atoms with E-state index in [2.05, 4.69) is 21.2 Å². The van der Waals surface area contributed by atoms with Crippen LogP contribution in [0.4, 0.5) is 5.69 Å². The van der Waals surface area contributed by atoms with Crippen molar-refractivity contribution in [3.63, 3.8) is 0 Å². The highest BCUT2D eigenvalue weighted by atomic mass is 79.9. The molecule has 0 bridgehead atoms. The van der Waals surface area contributed by atoms with Crippen LogP contribution in [0.2, 0.25) is 5.02 Å². The first-order chi connectivity index (χ1) is 13.7. The second-order valence-corrected chi connectivity index (χ2v) is 10.0. The van der Waals surface area contributed by atoms with Gasteiger partial charge in [0.2, 0.25) is 15.9 Å². The molecule has 3 rings (SSSR count). The molecule has 0 spiro atoms. The Hall–Kier alpha value is -1.74. The molecule has 2 aromatic carbocycles. The van der Waals surface area contributed by atoms with E-state index in [1.807, 2.05) is 0 Å². The highest BCUT2D eigenvalue weighted by molar-refractivity contribution is 9.10. The second kappa shape index (κ2) is 8.95. The van der Waals surface area contributed by atoms with E-state index < -0.39 is 22.0 Å². The smallest absolute Gasteiger partial charge is 0.243 e. The zero-order valence-electron chi connectivity index (χ0n) is 15.7. The Labute approximate surface area is 183 Å². The summed E-state index contributed by atoms with van der Waals surface area (Å²) in [6.45, 7) is 1.67. The van der Waals surface area contributed by atoms with Crippen molar-refractivity contribution in [2.24, 2.45) is 0 Å². The molecule has 2 aromatic rings. The van der Waals surface area contributed by atoms with Crippen molar-refractivity contribution in [3.05, 3.63) is 57.5 Å². The van der Waals surface area contributed by atoms with E-state index in [-0.39, 0.29) is 17.2 Å². The van der Waals surface area contributed by atoms with Crippen LogP contribution in [0.5, 0.6) is 0 Å². The molecule has 29 heavy (non-hydrogen) atoms. The maximum Gasteiger partial charge on any atom is 0.243 e. The molecule has 0 aromatic heterocycles. The van der Waals surface area contributed by atoms with Crippen LogP contribution >= 0.6 is 27.5 Å². The molecule has 6 nitrogen and oxygen atoms in total. The first-order valence-electron chi connectivity index (χ1n) is 9.09. The third kappa shape index (κ3) is 4.88. The number of carbonyl (C=O) groups excluding carboxylic acids is 2. The Morgan fingerprint density at radius 1 is 1.14 bits per heavy atom. The van der Waals surface area contributed by atoms with Gasteiger partial charge in [-0.2, -0.15) is 4.31 Å². The maximum absolute atomic E-state index is 13.2. The van der Waals surface area contributed by atoms with Crippen LogP contribution in [0.25, 0.3) is 0 Å². The Morgan fingerprint density at radius 3 is 2.45 bits per heavy atom. The number of rotatable bonds is 5. The number of benzene rings is 2. The summed E-state index contributed by atoms with van der Waals surface area (Å²) in [5.74, 6) is -0.562. The van der Waals surface area contributed by atoms with Gasteiger partial charge in [0.05, 0.1) is 15.6 Å². The van der Waals surface area contributed by atoms with Crippen molar-refractivity contribution in [2.45, 2.75) is 37.1 Å². The van der Waals surface area contributed by atoms with Gasteiger partial charge in [0.1, 0.15) is 6.04 Å². The van der Waals surface area contributed by atoms with Crippen molar-refractivity contribution >= 4 is 54.9 Å². The second-order valence-electron chi connectivity index (χ2n) is 6.82. The lowest BCUT2D eigenvalue weighted by Gasteiger charge is -2.33. The first-order valence-corrected chi connectivity index (χ1v) is 11.7. The topological polar surface area (TPSA) is 83.6 Å². The van der Waals surface area contributed by atoms with E-state index >= 15 is 0 Å². The number of hydrogen-bond donors (Lipinski definition) is 1. The number of amides is 1. The molecule has 1 saturated heterocycles. The molecular weight excluding hydrogens is 480 g/mol. The number of nitrogens with zero attached hydrogens (tertiary/aromatic N) is 1. The lowest BCUT2D eigenvalue weighted by atomic mass is 10.0. The molecular formula is C20H20BrClN2O4S.